The van der Waals surface area contributed by atoms with Crippen molar-refractivity contribution in [2.24, 2.45) is 0 Å². The van der Waals surface area contributed by atoms with E-state index < -0.39 is 0 Å². The van der Waals surface area contributed by atoms with Crippen LogP contribution in [0, 0.1) is 0 Å². The predicted molar refractivity (Wildman–Crippen MR) is 90.8 cm³/mol. The topological polar surface area (TPSA) is 60.0 Å². The van der Waals surface area contributed by atoms with Crippen LogP contribution >= 0.6 is 0 Å². The molecule has 0 aromatic heterocycles. The zero-order chi connectivity index (χ0) is 16.9. The van der Waals surface area contributed by atoms with E-state index in [1.54, 1.807) is 32.4 Å². The second-order valence-electron chi connectivity index (χ2n) is 6.40. The van der Waals surface area contributed by atoms with Crippen LogP contribution in [0.5, 0.6) is 11.5 Å². The fraction of sp³-hybridized carbons (Fsp3) is 0.611. The van der Waals surface area contributed by atoms with Gasteiger partial charge in [0.15, 0.2) is 0 Å². The van der Waals surface area contributed by atoms with Crippen LogP contribution in [-0.2, 0) is 4.74 Å². The van der Waals surface area contributed by atoms with Crippen LogP contribution in [0.4, 0.5) is 0 Å². The molecule has 132 valence electrons. The van der Waals surface area contributed by atoms with Crippen molar-refractivity contribution in [1.29, 1.82) is 0 Å². The maximum absolute atomic E-state index is 12.6. The summed E-state index contributed by atoms with van der Waals surface area (Å²) in [5.41, 5.74) is 0.565. The second kappa shape index (κ2) is 7.85. The fourth-order valence-corrected chi connectivity index (χ4v) is 3.49. The molecular formula is C18H26N2O4. The molecule has 2 saturated heterocycles. The molecule has 6 heteroatoms. The van der Waals surface area contributed by atoms with Crippen molar-refractivity contribution in [3.05, 3.63) is 23.8 Å². The van der Waals surface area contributed by atoms with Crippen molar-refractivity contribution in [2.75, 3.05) is 40.5 Å². The second-order valence-corrected chi connectivity index (χ2v) is 6.40. The molecule has 1 amide bonds. The Kier molecular flexibility index (Phi) is 5.58. The molecule has 2 fully saturated rings. The van der Waals surface area contributed by atoms with Crippen LogP contribution in [0.25, 0.3) is 0 Å². The van der Waals surface area contributed by atoms with Gasteiger partial charge in [0.25, 0.3) is 5.91 Å². The number of likely N-dealkylation sites (tertiary alicyclic amines) is 1. The number of rotatable bonds is 5. The first kappa shape index (κ1) is 17.0. The summed E-state index contributed by atoms with van der Waals surface area (Å²) in [6, 6.07) is 6.03. The first-order valence-electron chi connectivity index (χ1n) is 8.55. The normalized spacial score (nSPS) is 22.3. The van der Waals surface area contributed by atoms with Crippen molar-refractivity contribution in [1.82, 2.24) is 10.2 Å². The minimum Gasteiger partial charge on any atom is -0.497 e. The molecule has 1 aromatic rings. The van der Waals surface area contributed by atoms with E-state index in [2.05, 4.69) is 10.2 Å². The lowest BCUT2D eigenvalue weighted by Gasteiger charge is -2.31. The lowest BCUT2D eigenvalue weighted by Crippen LogP contribution is -2.41. The average molecular weight is 334 g/mol. The lowest BCUT2D eigenvalue weighted by atomic mass is 10.1. The molecule has 2 aliphatic heterocycles. The molecule has 2 aliphatic rings. The summed E-state index contributed by atoms with van der Waals surface area (Å²) in [7, 11) is 3.17. The highest BCUT2D eigenvalue weighted by Gasteiger charge is 2.30. The summed E-state index contributed by atoms with van der Waals surface area (Å²) < 4.78 is 15.9. The van der Waals surface area contributed by atoms with E-state index in [9.17, 15) is 4.79 Å². The molecule has 1 atom stereocenters. The summed E-state index contributed by atoms with van der Waals surface area (Å²) in [6.45, 7) is 3.65. The fourth-order valence-electron chi connectivity index (χ4n) is 3.49. The van der Waals surface area contributed by atoms with Gasteiger partial charge in [0.1, 0.15) is 11.5 Å². The third-order valence-corrected chi connectivity index (χ3v) is 4.88. The highest BCUT2D eigenvalue weighted by atomic mass is 16.5. The Hall–Kier alpha value is -1.79. The molecule has 3 rings (SSSR count). The van der Waals surface area contributed by atoms with Gasteiger partial charge in [-0.15, -0.1) is 0 Å². The number of nitrogens with one attached hydrogen (secondary N) is 1. The van der Waals surface area contributed by atoms with Gasteiger partial charge in [-0.1, -0.05) is 0 Å². The Morgan fingerprint density at radius 3 is 2.42 bits per heavy atom. The number of hydrogen-bond acceptors (Lipinski definition) is 5. The minimum atomic E-state index is -0.0778. The molecule has 0 bridgehead atoms. The van der Waals surface area contributed by atoms with Gasteiger partial charge in [-0.25, -0.2) is 0 Å². The molecule has 1 aromatic carbocycles. The molecular weight excluding hydrogens is 308 g/mol. The number of nitrogens with zero attached hydrogens (tertiary/aromatic N) is 1. The third-order valence-electron chi connectivity index (χ3n) is 4.88. The van der Waals surface area contributed by atoms with Gasteiger partial charge < -0.3 is 19.5 Å². The van der Waals surface area contributed by atoms with Crippen molar-refractivity contribution in [2.45, 2.75) is 31.3 Å². The van der Waals surface area contributed by atoms with Gasteiger partial charge in [-0.2, -0.15) is 0 Å². The zero-order valence-electron chi connectivity index (χ0n) is 14.4. The van der Waals surface area contributed by atoms with Crippen molar-refractivity contribution < 1.29 is 19.0 Å². The van der Waals surface area contributed by atoms with Crippen molar-refractivity contribution >= 4 is 5.91 Å². The quantitative estimate of drug-likeness (QED) is 0.888. The maximum atomic E-state index is 12.6. The van der Waals surface area contributed by atoms with Gasteiger partial charge in [0, 0.05) is 50.0 Å². The summed E-state index contributed by atoms with van der Waals surface area (Å²) >= 11 is 0. The Morgan fingerprint density at radius 1 is 1.12 bits per heavy atom. The van der Waals surface area contributed by atoms with Crippen LogP contribution in [0.2, 0.25) is 0 Å². The molecule has 6 nitrogen and oxygen atoms in total. The van der Waals surface area contributed by atoms with Crippen molar-refractivity contribution in [3.63, 3.8) is 0 Å². The predicted octanol–water partition coefficient (Wildman–Crippen LogP) is 1.69. The van der Waals surface area contributed by atoms with E-state index in [-0.39, 0.29) is 11.9 Å². The van der Waals surface area contributed by atoms with Gasteiger partial charge in [0.05, 0.1) is 14.2 Å². The van der Waals surface area contributed by atoms with Crippen molar-refractivity contribution in [3.8, 4) is 11.5 Å². The summed E-state index contributed by atoms with van der Waals surface area (Å²) in [5.74, 6) is 1.16. The van der Waals surface area contributed by atoms with Gasteiger partial charge in [-0.05, 0) is 31.4 Å². The summed E-state index contributed by atoms with van der Waals surface area (Å²) in [5, 5.41) is 3.14. The molecule has 0 unspecified atom stereocenters. The van der Waals surface area contributed by atoms with Crippen LogP contribution < -0.4 is 14.8 Å². The molecule has 0 saturated carbocycles. The van der Waals surface area contributed by atoms with Crippen LogP contribution in [0.1, 0.15) is 29.6 Å². The van der Waals surface area contributed by atoms with E-state index >= 15 is 0 Å². The molecule has 1 N–H and O–H groups in total. The Bertz CT molecular complexity index is 550. The lowest BCUT2D eigenvalue weighted by molar-refractivity contribution is 0.0415. The summed E-state index contributed by atoms with van der Waals surface area (Å²) in [6.07, 6.45) is 3.17. The SMILES string of the molecule is COc1cc(OC)cc(C(=O)N[C@H]2CCN(C3CCOCC3)C2)c1. The number of benzene rings is 1. The molecule has 0 spiro atoms. The zero-order valence-corrected chi connectivity index (χ0v) is 14.4. The molecule has 0 aliphatic carbocycles. The van der Waals surface area contributed by atoms with E-state index in [0.29, 0.717) is 23.1 Å². The first-order valence-corrected chi connectivity index (χ1v) is 8.55. The smallest absolute Gasteiger partial charge is 0.251 e. The Morgan fingerprint density at radius 2 is 1.79 bits per heavy atom. The van der Waals surface area contributed by atoms with Crippen LogP contribution in [0.3, 0.4) is 0 Å². The molecule has 2 heterocycles. The van der Waals surface area contributed by atoms with E-state index in [1.165, 1.54) is 0 Å². The van der Waals surface area contributed by atoms with Gasteiger partial charge >= 0.3 is 0 Å². The number of hydrogen-bond donors (Lipinski definition) is 1. The van der Waals surface area contributed by atoms with E-state index in [4.69, 9.17) is 14.2 Å². The van der Waals surface area contributed by atoms with Crippen LogP contribution in [0.15, 0.2) is 18.2 Å². The standard InChI is InChI=1S/C18H26N2O4/c1-22-16-9-13(10-17(11-16)23-2)18(21)19-14-3-6-20(12-14)15-4-7-24-8-5-15/h9-11,14-15H,3-8,12H2,1-2H3,(H,19,21)/t14-/m0/s1. The third kappa shape index (κ3) is 3.99. The Labute approximate surface area is 143 Å². The number of carbonyl (C=O) groups excluding carboxylic acids is 1. The van der Waals surface area contributed by atoms with Crippen LogP contribution in [-0.4, -0.2) is 63.4 Å². The molecule has 24 heavy (non-hydrogen) atoms. The number of carbonyl (C=O) groups is 1. The van der Waals surface area contributed by atoms with Gasteiger partial charge in [0.2, 0.25) is 0 Å². The number of ether oxygens (including phenoxy) is 3. The highest BCUT2D eigenvalue weighted by molar-refractivity contribution is 5.95. The minimum absolute atomic E-state index is 0.0778. The van der Waals surface area contributed by atoms with Gasteiger partial charge in [-0.3, -0.25) is 9.69 Å². The maximum Gasteiger partial charge on any atom is 0.251 e. The largest absolute Gasteiger partial charge is 0.497 e. The molecule has 0 radical (unpaired) electrons. The Balaban J connectivity index is 1.59. The summed E-state index contributed by atoms with van der Waals surface area (Å²) in [4.78, 5) is 15.0. The number of methoxy groups -OCH3 is 2. The average Bonchev–Trinajstić information content (AvgIpc) is 3.10. The monoisotopic (exact) mass is 334 g/mol. The van der Waals surface area contributed by atoms with E-state index in [0.717, 1.165) is 45.6 Å². The highest BCUT2D eigenvalue weighted by Crippen LogP contribution is 2.24. The first-order chi connectivity index (χ1) is 11.7. The number of amides is 1. The van der Waals surface area contributed by atoms with E-state index in [1.807, 2.05) is 0 Å².